The molecule has 0 unspecified atom stereocenters. The molecule has 156 valence electrons. The Bertz CT molecular complexity index is 731. The summed E-state index contributed by atoms with van der Waals surface area (Å²) in [5.41, 5.74) is -1.20. The minimum Gasteiger partial charge on any atom is -0.467 e. The van der Waals surface area contributed by atoms with Crippen LogP contribution in [-0.2, 0) is 20.8 Å². The van der Waals surface area contributed by atoms with Gasteiger partial charge in [0.15, 0.2) is 0 Å². The number of halogens is 5. The highest BCUT2D eigenvalue weighted by Gasteiger charge is 2.65. The lowest BCUT2D eigenvalue weighted by Gasteiger charge is -2.40. The molecule has 0 spiro atoms. The Morgan fingerprint density at radius 3 is 2.15 bits per heavy atom. The third-order valence-corrected chi connectivity index (χ3v) is 4.48. The second-order valence-corrected chi connectivity index (χ2v) is 9.33. The van der Waals surface area contributed by atoms with Crippen molar-refractivity contribution < 1.29 is 38.5 Å². The lowest BCUT2D eigenvalue weighted by molar-refractivity contribution is -0.146. The van der Waals surface area contributed by atoms with E-state index < -0.39 is 45.4 Å². The second-order valence-electron chi connectivity index (χ2n) is 6.92. The van der Waals surface area contributed by atoms with Crippen molar-refractivity contribution in [2.24, 2.45) is 0 Å². The van der Waals surface area contributed by atoms with Gasteiger partial charge in [0.05, 0.1) is 7.11 Å². The quantitative estimate of drug-likeness (QED) is 0.458. The maximum Gasteiger partial charge on any atom is 0.411 e. The van der Waals surface area contributed by atoms with Crippen LogP contribution in [0.3, 0.4) is 0 Å². The van der Waals surface area contributed by atoms with Crippen molar-refractivity contribution in [1.29, 1.82) is 0 Å². The molecule has 1 aromatic carbocycles. The first kappa shape index (κ1) is 23.0. The smallest absolute Gasteiger partial charge is 0.411 e. The Balaban J connectivity index is 3.28. The maximum atomic E-state index is 13.0. The zero-order valence-corrected chi connectivity index (χ0v) is 16.3. The van der Waals surface area contributed by atoms with Crippen molar-refractivity contribution in [1.82, 2.24) is 4.90 Å². The zero-order chi connectivity index (χ0) is 21.3. The molecule has 11 heteroatoms. The molecule has 1 amide bonds. The normalized spacial score (nSPS) is 15.9. The second kappa shape index (κ2) is 6.54. The summed E-state index contributed by atoms with van der Waals surface area (Å²) in [7, 11) is -8.81. The molecule has 0 aliphatic carbocycles. The van der Waals surface area contributed by atoms with Crippen LogP contribution in [0.2, 0.25) is 0 Å². The number of hydrogen-bond donors (Lipinski definition) is 0. The fourth-order valence-electron chi connectivity index (χ4n) is 2.06. The topological polar surface area (TPSA) is 55.8 Å². The van der Waals surface area contributed by atoms with Crippen LogP contribution in [0, 0.1) is 0 Å². The van der Waals surface area contributed by atoms with Crippen molar-refractivity contribution in [3.63, 3.8) is 0 Å². The van der Waals surface area contributed by atoms with Gasteiger partial charge in [0.25, 0.3) is 0 Å². The average Bonchev–Trinajstić information content (AvgIpc) is 2.47. The van der Waals surface area contributed by atoms with E-state index in [-0.39, 0.29) is 17.7 Å². The average molecular weight is 419 g/mol. The summed E-state index contributed by atoms with van der Waals surface area (Å²) in [6.45, 7) is 5.39. The van der Waals surface area contributed by atoms with Crippen LogP contribution in [0.1, 0.15) is 33.3 Å². The molecule has 0 aromatic heterocycles. The van der Waals surface area contributed by atoms with E-state index in [0.717, 1.165) is 24.1 Å². The predicted octanol–water partition coefficient (Wildman–Crippen LogP) is 5.64. The molecule has 5 nitrogen and oxygen atoms in total. The fraction of sp³-hybridized carbons (Fsp3) is 0.500. The Labute approximate surface area is 154 Å². The largest absolute Gasteiger partial charge is 0.467 e. The molecule has 1 atom stereocenters. The van der Waals surface area contributed by atoms with Crippen molar-refractivity contribution in [2.45, 2.75) is 50.8 Å². The summed E-state index contributed by atoms with van der Waals surface area (Å²) >= 11 is 0. The highest BCUT2D eigenvalue weighted by molar-refractivity contribution is 8.45. The third-order valence-electron chi connectivity index (χ3n) is 3.33. The first-order chi connectivity index (χ1) is 11.8. The summed E-state index contributed by atoms with van der Waals surface area (Å²) in [5, 5.41) is 0. The SMILES string of the molecule is COC(=O)[C@H](C)N(Cc1cccc(S(F)(F)(F)(F)F)c1)C(=O)OC(C)(C)C. The molecule has 0 aliphatic heterocycles. The van der Waals surface area contributed by atoms with E-state index in [0.29, 0.717) is 0 Å². The summed E-state index contributed by atoms with van der Waals surface area (Å²) in [5.74, 6) is -0.843. The number of esters is 1. The van der Waals surface area contributed by atoms with Crippen LogP contribution in [0.5, 0.6) is 0 Å². The van der Waals surface area contributed by atoms with Gasteiger partial charge in [-0.05, 0) is 45.4 Å². The zero-order valence-electron chi connectivity index (χ0n) is 15.5. The monoisotopic (exact) mass is 419 g/mol. The Kier molecular flexibility index (Phi) is 5.57. The van der Waals surface area contributed by atoms with Gasteiger partial charge in [0.1, 0.15) is 16.5 Å². The molecule has 1 rings (SSSR count). The number of carbonyl (C=O) groups excluding carboxylic acids is 2. The van der Waals surface area contributed by atoms with Crippen LogP contribution < -0.4 is 0 Å². The number of hydrogen-bond acceptors (Lipinski definition) is 4. The number of amides is 1. The number of nitrogens with zero attached hydrogens (tertiary/aromatic N) is 1. The Hall–Kier alpha value is -2.04. The lowest BCUT2D eigenvalue weighted by atomic mass is 10.2. The van der Waals surface area contributed by atoms with Gasteiger partial charge in [0.2, 0.25) is 0 Å². The van der Waals surface area contributed by atoms with Gasteiger partial charge in [-0.2, -0.15) is 0 Å². The van der Waals surface area contributed by atoms with E-state index in [1.165, 1.54) is 6.92 Å². The number of methoxy groups -OCH3 is 1. The van der Waals surface area contributed by atoms with E-state index in [1.54, 1.807) is 20.8 Å². The highest BCUT2D eigenvalue weighted by atomic mass is 32.5. The van der Waals surface area contributed by atoms with Crippen molar-refractivity contribution in [3.05, 3.63) is 29.8 Å². The minimum atomic E-state index is -9.88. The Morgan fingerprint density at radius 2 is 1.70 bits per heavy atom. The molecule has 0 saturated carbocycles. The number of carbonyl (C=O) groups is 2. The molecule has 27 heavy (non-hydrogen) atoms. The van der Waals surface area contributed by atoms with Crippen LogP contribution in [0.4, 0.5) is 24.2 Å². The van der Waals surface area contributed by atoms with Crippen molar-refractivity contribution >= 4 is 22.3 Å². The lowest BCUT2D eigenvalue weighted by Crippen LogP contribution is -2.45. The van der Waals surface area contributed by atoms with Crippen LogP contribution in [0.15, 0.2) is 29.2 Å². The molecular formula is C16H22F5NO4S. The van der Waals surface area contributed by atoms with Crippen LogP contribution in [-0.4, -0.2) is 35.7 Å². The molecular weight excluding hydrogens is 397 g/mol. The van der Waals surface area contributed by atoms with Gasteiger partial charge in [-0.15, -0.1) is 0 Å². The predicted molar refractivity (Wildman–Crippen MR) is 91.1 cm³/mol. The standard InChI is InChI=1S/C16H22F5NO4S/c1-11(14(23)25-5)22(15(24)26-16(2,3)4)10-12-7-6-8-13(9-12)27(17,18,19,20)21/h6-9,11H,10H2,1-5H3/t11-/m0/s1. The van der Waals surface area contributed by atoms with Crippen molar-refractivity contribution in [3.8, 4) is 0 Å². The fourth-order valence-corrected chi connectivity index (χ4v) is 2.77. The van der Waals surface area contributed by atoms with Gasteiger partial charge in [-0.3, -0.25) is 4.90 Å². The molecule has 0 N–H and O–H groups in total. The van der Waals surface area contributed by atoms with E-state index in [1.807, 2.05) is 0 Å². The minimum absolute atomic E-state index is 0.248. The van der Waals surface area contributed by atoms with E-state index >= 15 is 0 Å². The molecule has 0 aliphatic rings. The van der Waals surface area contributed by atoms with E-state index in [2.05, 4.69) is 4.74 Å². The Morgan fingerprint density at radius 1 is 1.15 bits per heavy atom. The van der Waals surface area contributed by atoms with Gasteiger partial charge >= 0.3 is 22.3 Å². The summed E-state index contributed by atoms with van der Waals surface area (Å²) in [6, 6.07) is 1.23. The maximum absolute atomic E-state index is 13.0. The number of benzene rings is 1. The van der Waals surface area contributed by atoms with E-state index in [9.17, 15) is 29.0 Å². The first-order valence-corrected chi connectivity index (χ1v) is 9.69. The van der Waals surface area contributed by atoms with Crippen LogP contribution in [0.25, 0.3) is 0 Å². The first-order valence-electron chi connectivity index (χ1n) is 7.74. The highest BCUT2D eigenvalue weighted by Crippen LogP contribution is 3.02. The number of rotatable bonds is 5. The van der Waals surface area contributed by atoms with Crippen molar-refractivity contribution in [2.75, 3.05) is 7.11 Å². The molecule has 0 fully saturated rings. The number of ether oxygens (including phenoxy) is 2. The van der Waals surface area contributed by atoms with Gasteiger partial charge in [-0.1, -0.05) is 31.6 Å². The molecule has 0 heterocycles. The summed E-state index contributed by atoms with van der Waals surface area (Å²) in [6.07, 6.45) is -1.00. The summed E-state index contributed by atoms with van der Waals surface area (Å²) < 4.78 is 74.7. The third kappa shape index (κ3) is 6.89. The molecule has 0 radical (unpaired) electrons. The van der Waals surface area contributed by atoms with Gasteiger partial charge < -0.3 is 9.47 Å². The molecule has 0 bridgehead atoms. The molecule has 1 aromatic rings. The molecule has 0 saturated heterocycles. The van der Waals surface area contributed by atoms with E-state index in [4.69, 9.17) is 4.74 Å². The van der Waals surface area contributed by atoms with Crippen LogP contribution >= 0.6 is 10.2 Å². The summed E-state index contributed by atoms with van der Waals surface area (Å²) in [4.78, 5) is 22.9. The van der Waals surface area contributed by atoms with Gasteiger partial charge in [0, 0.05) is 6.54 Å². The van der Waals surface area contributed by atoms with Gasteiger partial charge in [-0.25, -0.2) is 9.59 Å².